The van der Waals surface area contributed by atoms with Crippen molar-refractivity contribution in [1.82, 2.24) is 0 Å². The van der Waals surface area contributed by atoms with Crippen molar-refractivity contribution >= 4 is 20.8 Å². The second-order valence-electron chi connectivity index (χ2n) is 7.24. The topological polar surface area (TPSA) is 272 Å². The number of hydrogen-bond acceptors (Lipinski definition) is 18. The summed E-state index contributed by atoms with van der Waals surface area (Å²) in [6.07, 6.45) is -15.6. The molecule has 18 nitrogen and oxygen atoms in total. The second-order valence-corrected chi connectivity index (χ2v) is 9.25. The fraction of sp³-hybridized carbons (Fsp3) is 1.00. The van der Waals surface area contributed by atoms with Crippen LogP contribution in [0.25, 0.3) is 0 Å². The van der Waals surface area contributed by atoms with Crippen LogP contribution in [0.15, 0.2) is 0 Å². The molecule has 34 heavy (non-hydrogen) atoms. The van der Waals surface area contributed by atoms with E-state index in [-0.39, 0.29) is 0 Å². The van der Waals surface area contributed by atoms with E-state index in [2.05, 4.69) is 18.3 Å². The van der Waals surface area contributed by atoms with Gasteiger partial charge in [-0.3, -0.25) is 13.4 Å². The van der Waals surface area contributed by atoms with Gasteiger partial charge in [0.2, 0.25) is 20.8 Å². The van der Waals surface area contributed by atoms with E-state index in [1.54, 1.807) is 0 Å². The largest absolute Gasteiger partial charge is 0.726 e. The van der Waals surface area contributed by atoms with E-state index >= 15 is 0 Å². The fourth-order valence-corrected chi connectivity index (χ4v) is 4.58. The van der Waals surface area contributed by atoms with Crippen LogP contribution in [0, 0.1) is 5.92 Å². The summed E-state index contributed by atoms with van der Waals surface area (Å²) in [5.41, 5.74) is 0. The molecule has 20 heteroatoms. The molecule has 5 unspecified atom stereocenters. The van der Waals surface area contributed by atoms with Crippen molar-refractivity contribution < 1.29 is 83.8 Å². The summed E-state index contributed by atoms with van der Waals surface area (Å²) in [6, 6.07) is 0. The summed E-state index contributed by atoms with van der Waals surface area (Å²) in [5, 5.41) is 44.2. The van der Waals surface area contributed by atoms with Crippen LogP contribution in [0.1, 0.15) is 6.92 Å². The molecule has 202 valence electrons. The molecular weight excluding hydrogens is 520 g/mol. The highest BCUT2D eigenvalue weighted by Crippen LogP contribution is 2.34. The molecular formula is C14H23O18S2-3. The molecule has 0 radical (unpaired) electrons. The van der Waals surface area contributed by atoms with Crippen molar-refractivity contribution in [2.24, 2.45) is 5.92 Å². The molecule has 2 aliphatic rings. The summed E-state index contributed by atoms with van der Waals surface area (Å²) in [5.74, 6) is -1.21. The molecule has 10 atom stereocenters. The third-order valence-electron chi connectivity index (χ3n) is 5.07. The Morgan fingerprint density at radius 2 is 1.44 bits per heavy atom. The molecule has 3 N–H and O–H groups in total. The molecule has 2 fully saturated rings. The minimum Gasteiger partial charge on any atom is -0.726 e. The van der Waals surface area contributed by atoms with Crippen LogP contribution in [0.4, 0.5) is 0 Å². The first-order valence-electron chi connectivity index (χ1n) is 9.38. The maximum absolute atomic E-state index is 11.1. The highest BCUT2D eigenvalue weighted by molar-refractivity contribution is 7.81. The molecule has 0 aromatic carbocycles. The zero-order valence-corrected chi connectivity index (χ0v) is 19.1. The predicted octanol–water partition coefficient (Wildman–Crippen LogP) is -5.27. The van der Waals surface area contributed by atoms with Gasteiger partial charge >= 0.3 is 0 Å². The Labute approximate surface area is 193 Å². The Morgan fingerprint density at radius 1 is 0.882 bits per heavy atom. The Bertz CT molecular complexity index is 847. The Kier molecular flexibility index (Phi) is 10.5. The minimum atomic E-state index is -5.40. The van der Waals surface area contributed by atoms with E-state index in [9.17, 15) is 46.5 Å². The molecule has 2 rings (SSSR count). The van der Waals surface area contributed by atoms with Crippen LogP contribution in [0.5, 0.6) is 0 Å². The SMILES string of the molecule is CO[C@@H]1OC(COO[O-])[C@H](O[C@@H]2OC(CO)[C@H](OS(=O)(=O)[O-])C(C)C2O)[C@H](O)C1OS(=O)(=O)[O-]. The molecule has 0 aromatic heterocycles. The van der Waals surface area contributed by atoms with Crippen LogP contribution < -0.4 is 5.26 Å². The van der Waals surface area contributed by atoms with Gasteiger partial charge < -0.3 is 48.6 Å². The predicted molar refractivity (Wildman–Crippen MR) is 93.6 cm³/mol. The normalized spacial score (nSPS) is 39.8. The summed E-state index contributed by atoms with van der Waals surface area (Å²) >= 11 is 0. The van der Waals surface area contributed by atoms with Crippen molar-refractivity contribution in [1.29, 1.82) is 0 Å². The molecule has 2 aliphatic heterocycles. The van der Waals surface area contributed by atoms with Crippen LogP contribution in [0.2, 0.25) is 0 Å². The van der Waals surface area contributed by atoms with Crippen molar-refractivity contribution in [3.63, 3.8) is 0 Å². The third kappa shape index (κ3) is 7.67. The van der Waals surface area contributed by atoms with Crippen molar-refractivity contribution in [2.45, 2.75) is 62.2 Å². The first-order chi connectivity index (χ1) is 15.7. The maximum Gasteiger partial charge on any atom is 0.218 e. The lowest BCUT2D eigenvalue weighted by Gasteiger charge is -2.47. The summed E-state index contributed by atoms with van der Waals surface area (Å²) in [7, 11) is -9.64. The van der Waals surface area contributed by atoms with Crippen LogP contribution in [-0.4, -0.2) is 117 Å². The van der Waals surface area contributed by atoms with Crippen molar-refractivity contribution in [3.05, 3.63) is 0 Å². The zero-order chi connectivity index (χ0) is 25.8. The average Bonchev–Trinajstić information content (AvgIpc) is 2.73. The van der Waals surface area contributed by atoms with E-state index in [1.807, 2.05) is 0 Å². The van der Waals surface area contributed by atoms with Gasteiger partial charge in [0.1, 0.15) is 43.2 Å². The molecule has 0 bridgehead atoms. The highest BCUT2D eigenvalue weighted by atomic mass is 32.3. The first kappa shape index (κ1) is 29.6. The van der Waals surface area contributed by atoms with E-state index in [0.29, 0.717) is 0 Å². The lowest BCUT2D eigenvalue weighted by atomic mass is 9.90. The van der Waals surface area contributed by atoms with E-state index in [0.717, 1.165) is 7.11 Å². The van der Waals surface area contributed by atoms with Gasteiger partial charge in [0.15, 0.2) is 18.7 Å². The summed E-state index contributed by atoms with van der Waals surface area (Å²) < 4.78 is 95.7. The van der Waals surface area contributed by atoms with Gasteiger partial charge in [0, 0.05) is 13.0 Å². The fourth-order valence-electron chi connectivity index (χ4n) is 3.53. The number of rotatable bonds is 11. The lowest BCUT2D eigenvalue weighted by Crippen LogP contribution is -2.64. The molecule has 2 saturated heterocycles. The van der Waals surface area contributed by atoms with Gasteiger partial charge in [0.05, 0.1) is 6.61 Å². The molecule has 0 spiro atoms. The summed E-state index contributed by atoms with van der Waals surface area (Å²) in [6.45, 7) is -0.411. The average molecular weight is 543 g/mol. The number of hydrogen-bond donors (Lipinski definition) is 3. The van der Waals surface area contributed by atoms with Gasteiger partial charge in [0.25, 0.3) is 0 Å². The van der Waals surface area contributed by atoms with Gasteiger partial charge in [-0.15, -0.1) is 0 Å². The first-order valence-corrected chi connectivity index (χ1v) is 12.0. The van der Waals surface area contributed by atoms with Gasteiger partial charge in [-0.05, 0) is 0 Å². The number of methoxy groups -OCH3 is 1. The van der Waals surface area contributed by atoms with Gasteiger partial charge in [-0.25, -0.2) is 21.7 Å². The molecule has 0 amide bonds. The number of aliphatic hydroxyl groups is 3. The van der Waals surface area contributed by atoms with Gasteiger partial charge in [-0.2, -0.15) is 0 Å². The van der Waals surface area contributed by atoms with Crippen molar-refractivity contribution in [2.75, 3.05) is 20.3 Å². The molecule has 0 aliphatic carbocycles. The standard InChI is InChI=1S/C14H26O18S2/c1-5-8(16)13(27-6(3-15)10(5)30-33(19,20)21)29-11-7(4-26-32-18)28-14(25-2)12(9(11)17)31-34(22,23)24/h5-18H,3-4H2,1-2H3,(H,19,20,21)(H,22,23,24)/p-3/t5?,6?,7?,8?,9-,10+,11-,12?,13-,14+/m0/s1. The molecule has 0 saturated carbocycles. The van der Waals surface area contributed by atoms with Crippen LogP contribution >= 0.6 is 0 Å². The quantitative estimate of drug-likeness (QED) is 0.0949. The van der Waals surface area contributed by atoms with Crippen molar-refractivity contribution in [3.8, 4) is 0 Å². The molecule has 0 aromatic rings. The number of aliphatic hydroxyl groups excluding tert-OH is 3. The van der Waals surface area contributed by atoms with E-state index < -0.39 is 95.2 Å². The highest BCUT2D eigenvalue weighted by Gasteiger charge is 2.52. The number of ether oxygens (including phenoxy) is 4. The zero-order valence-electron chi connectivity index (χ0n) is 17.5. The maximum atomic E-state index is 11.1. The van der Waals surface area contributed by atoms with Gasteiger partial charge in [-0.1, -0.05) is 6.92 Å². The monoisotopic (exact) mass is 543 g/mol. The van der Waals surface area contributed by atoms with E-state index in [4.69, 9.17) is 18.9 Å². The minimum absolute atomic E-state index is 0.746. The summed E-state index contributed by atoms with van der Waals surface area (Å²) in [4.78, 5) is 4.22. The lowest BCUT2D eigenvalue weighted by molar-refractivity contribution is -0.801. The second kappa shape index (κ2) is 12.1. The molecule has 2 heterocycles. The van der Waals surface area contributed by atoms with Crippen LogP contribution in [0.3, 0.4) is 0 Å². The smallest absolute Gasteiger partial charge is 0.218 e. The Morgan fingerprint density at radius 3 is 1.94 bits per heavy atom. The van der Waals surface area contributed by atoms with E-state index in [1.165, 1.54) is 6.92 Å². The Balaban J connectivity index is 2.30. The Hall–Kier alpha value is -0.660. The van der Waals surface area contributed by atoms with Crippen LogP contribution in [-0.2, 0) is 58.0 Å². The third-order valence-corrected chi connectivity index (χ3v) is 5.99.